The molecule has 0 aliphatic rings. The van der Waals surface area contributed by atoms with Crippen LogP contribution in [0.2, 0.25) is 5.02 Å². The van der Waals surface area contributed by atoms with E-state index >= 15 is 0 Å². The zero-order valence-corrected chi connectivity index (χ0v) is 18.0. The molecule has 148 valence electrons. The number of hydrogen-bond donors (Lipinski definition) is 4. The quantitative estimate of drug-likeness (QED) is 0.338. The number of quaternary nitrogens is 1. The second-order valence-electron chi connectivity index (χ2n) is 7.31. The van der Waals surface area contributed by atoms with Crippen molar-refractivity contribution in [3.63, 3.8) is 0 Å². The maximum absolute atomic E-state index is 6.55. The fourth-order valence-corrected chi connectivity index (χ4v) is 3.88. The van der Waals surface area contributed by atoms with Crippen molar-refractivity contribution >= 4 is 39.8 Å². The number of thiocarbonyl (C=S) groups is 1. The summed E-state index contributed by atoms with van der Waals surface area (Å²) in [6.07, 6.45) is 3.16. The molecule has 1 heterocycles. The molecule has 4 N–H and O–H groups in total. The van der Waals surface area contributed by atoms with Gasteiger partial charge in [0, 0.05) is 47.6 Å². The summed E-state index contributed by atoms with van der Waals surface area (Å²) in [6, 6.07) is 16.4. The van der Waals surface area contributed by atoms with Gasteiger partial charge in [0.2, 0.25) is 0 Å². The van der Waals surface area contributed by atoms with Crippen molar-refractivity contribution in [2.24, 2.45) is 0 Å². The van der Waals surface area contributed by atoms with Crippen molar-refractivity contribution in [2.45, 2.75) is 12.3 Å². The van der Waals surface area contributed by atoms with Gasteiger partial charge in [-0.1, -0.05) is 48.0 Å². The number of H-pyrrole nitrogens is 1. The van der Waals surface area contributed by atoms with E-state index in [1.54, 1.807) is 0 Å². The zero-order chi connectivity index (χ0) is 19.9. The van der Waals surface area contributed by atoms with Crippen LogP contribution < -0.4 is 15.5 Å². The molecule has 4 nitrogen and oxygen atoms in total. The molecule has 0 amide bonds. The van der Waals surface area contributed by atoms with Crippen molar-refractivity contribution in [2.75, 3.05) is 33.7 Å². The molecule has 0 aliphatic carbocycles. The largest absolute Gasteiger partial charge is 0.363 e. The summed E-state index contributed by atoms with van der Waals surface area (Å²) in [4.78, 5) is 4.82. The highest BCUT2D eigenvalue weighted by Crippen LogP contribution is 2.33. The monoisotopic (exact) mass is 415 g/mol. The Bertz CT molecular complexity index is 922. The molecule has 28 heavy (non-hydrogen) atoms. The van der Waals surface area contributed by atoms with Crippen LogP contribution in [0.5, 0.6) is 0 Å². The average Bonchev–Trinajstić information content (AvgIpc) is 3.11. The Kier molecular flexibility index (Phi) is 7.31. The fraction of sp³-hybridized carbons (Fsp3) is 0.318. The number of benzene rings is 2. The van der Waals surface area contributed by atoms with Crippen LogP contribution in [0.3, 0.4) is 0 Å². The summed E-state index contributed by atoms with van der Waals surface area (Å²) >= 11 is 12.0. The third-order valence-electron chi connectivity index (χ3n) is 4.88. The second kappa shape index (κ2) is 9.92. The van der Waals surface area contributed by atoms with E-state index in [2.05, 4.69) is 60.2 Å². The highest BCUT2D eigenvalue weighted by molar-refractivity contribution is 7.80. The van der Waals surface area contributed by atoms with Crippen LogP contribution in [-0.2, 0) is 0 Å². The summed E-state index contributed by atoms with van der Waals surface area (Å²) in [5.41, 5.74) is 3.44. The van der Waals surface area contributed by atoms with Gasteiger partial charge in [0.1, 0.15) is 0 Å². The molecule has 0 unspecified atom stereocenters. The number of fused-ring (bicyclic) bond motifs is 1. The normalized spacial score (nSPS) is 12.3. The van der Waals surface area contributed by atoms with Crippen LogP contribution in [0.25, 0.3) is 10.9 Å². The second-order valence-corrected chi connectivity index (χ2v) is 8.13. The Morgan fingerprint density at radius 2 is 1.82 bits per heavy atom. The highest BCUT2D eigenvalue weighted by atomic mass is 35.5. The fourth-order valence-electron chi connectivity index (χ4n) is 3.43. The van der Waals surface area contributed by atoms with Crippen molar-refractivity contribution in [3.8, 4) is 0 Å². The molecule has 3 aromatic rings. The van der Waals surface area contributed by atoms with Gasteiger partial charge in [0.25, 0.3) is 0 Å². The van der Waals surface area contributed by atoms with E-state index in [0.29, 0.717) is 11.7 Å². The van der Waals surface area contributed by atoms with Gasteiger partial charge >= 0.3 is 0 Å². The van der Waals surface area contributed by atoms with Crippen molar-refractivity contribution in [1.29, 1.82) is 0 Å². The van der Waals surface area contributed by atoms with E-state index in [-0.39, 0.29) is 5.92 Å². The number of aromatic nitrogens is 1. The van der Waals surface area contributed by atoms with Gasteiger partial charge in [-0.15, -0.1) is 0 Å². The Balaban J connectivity index is 1.75. The lowest BCUT2D eigenvalue weighted by Gasteiger charge is -2.20. The maximum atomic E-state index is 6.55. The zero-order valence-electron chi connectivity index (χ0n) is 16.4. The standard InChI is InChI=1S/C22H27ClN4S/c1-27(2)13-7-12-24-22(28)26-15-18(16-8-3-5-10-20(16)23)19-14-25-21-11-6-4-9-17(19)21/h3-6,8-11,14,18,25H,7,12-13,15H2,1-2H3,(H2,24,26,28)/p+1/t18-/m1/s1. The Morgan fingerprint density at radius 1 is 1.07 bits per heavy atom. The first-order valence-electron chi connectivity index (χ1n) is 9.67. The van der Waals surface area contributed by atoms with E-state index in [1.165, 1.54) is 15.8 Å². The van der Waals surface area contributed by atoms with Gasteiger partial charge < -0.3 is 20.5 Å². The molecule has 0 aliphatic heterocycles. The van der Waals surface area contributed by atoms with Gasteiger partial charge in [-0.2, -0.15) is 0 Å². The summed E-state index contributed by atoms with van der Waals surface area (Å²) in [5, 5.41) is 9.37. The molecule has 0 saturated heterocycles. The molecule has 0 radical (unpaired) electrons. The number of aromatic amines is 1. The van der Waals surface area contributed by atoms with E-state index in [9.17, 15) is 0 Å². The Morgan fingerprint density at radius 3 is 2.61 bits per heavy atom. The highest BCUT2D eigenvalue weighted by Gasteiger charge is 2.20. The number of nitrogens with one attached hydrogen (secondary N) is 4. The predicted molar refractivity (Wildman–Crippen MR) is 122 cm³/mol. The van der Waals surface area contributed by atoms with Crippen LogP contribution in [0, 0.1) is 0 Å². The minimum absolute atomic E-state index is 0.0934. The maximum Gasteiger partial charge on any atom is 0.166 e. The first kappa shape index (κ1) is 20.6. The van der Waals surface area contributed by atoms with Gasteiger partial charge in [-0.25, -0.2) is 0 Å². The van der Waals surface area contributed by atoms with Crippen LogP contribution in [0.15, 0.2) is 54.7 Å². The molecule has 3 rings (SSSR count). The molecular formula is C22H28ClN4S+. The topological polar surface area (TPSA) is 44.3 Å². The molecule has 1 atom stereocenters. The molecule has 2 aromatic carbocycles. The van der Waals surface area contributed by atoms with Crippen LogP contribution >= 0.6 is 23.8 Å². The van der Waals surface area contributed by atoms with Gasteiger partial charge in [0.05, 0.1) is 20.6 Å². The van der Waals surface area contributed by atoms with Crippen LogP contribution in [0.1, 0.15) is 23.5 Å². The van der Waals surface area contributed by atoms with Crippen LogP contribution in [0.4, 0.5) is 0 Å². The van der Waals surface area contributed by atoms with Crippen molar-refractivity contribution in [3.05, 3.63) is 70.9 Å². The summed E-state index contributed by atoms with van der Waals surface area (Å²) in [6.45, 7) is 2.67. The number of para-hydroxylation sites is 1. The first-order valence-corrected chi connectivity index (χ1v) is 10.5. The first-order chi connectivity index (χ1) is 13.6. The Hall–Kier alpha value is -2.08. The van der Waals surface area contributed by atoms with E-state index < -0.39 is 0 Å². The lowest BCUT2D eigenvalue weighted by molar-refractivity contribution is -0.858. The van der Waals surface area contributed by atoms with Gasteiger partial charge in [0.15, 0.2) is 5.11 Å². The lowest BCUT2D eigenvalue weighted by Crippen LogP contribution is -3.05. The van der Waals surface area contributed by atoms with E-state index in [1.807, 2.05) is 24.3 Å². The van der Waals surface area contributed by atoms with Gasteiger partial charge in [-0.05, 0) is 35.5 Å². The molecule has 0 fully saturated rings. The number of rotatable bonds is 8. The minimum atomic E-state index is 0.0934. The molecule has 0 saturated carbocycles. The smallest absolute Gasteiger partial charge is 0.166 e. The van der Waals surface area contributed by atoms with E-state index in [0.717, 1.165) is 35.6 Å². The predicted octanol–water partition coefficient (Wildman–Crippen LogP) is 2.95. The Labute approximate surface area is 177 Å². The molecule has 0 bridgehead atoms. The molecule has 6 heteroatoms. The molecule has 0 spiro atoms. The molecule has 1 aromatic heterocycles. The molecular weight excluding hydrogens is 388 g/mol. The van der Waals surface area contributed by atoms with E-state index in [4.69, 9.17) is 23.8 Å². The summed E-state index contributed by atoms with van der Waals surface area (Å²) in [7, 11) is 4.32. The SMILES string of the molecule is C[NH+](C)CCCNC(=S)NC[C@H](c1ccccc1Cl)c1c[nH]c2ccccc12. The summed E-state index contributed by atoms with van der Waals surface area (Å²) in [5.74, 6) is 0.0934. The third-order valence-corrected chi connectivity index (χ3v) is 5.52. The average molecular weight is 416 g/mol. The lowest BCUT2D eigenvalue weighted by atomic mass is 9.91. The van der Waals surface area contributed by atoms with Gasteiger partial charge in [-0.3, -0.25) is 0 Å². The third kappa shape index (κ3) is 5.25. The van der Waals surface area contributed by atoms with Crippen molar-refractivity contribution in [1.82, 2.24) is 15.6 Å². The number of halogens is 1. The number of hydrogen-bond acceptors (Lipinski definition) is 1. The van der Waals surface area contributed by atoms with Crippen molar-refractivity contribution < 1.29 is 4.90 Å². The minimum Gasteiger partial charge on any atom is -0.363 e. The summed E-state index contributed by atoms with van der Waals surface area (Å²) < 4.78 is 0. The van der Waals surface area contributed by atoms with Crippen LogP contribution in [-0.4, -0.2) is 43.8 Å².